The molecule has 0 aromatic heterocycles. The molecule has 0 aliphatic carbocycles. The Hall–Kier alpha value is -2.77. The highest BCUT2D eigenvalue weighted by Crippen LogP contribution is 2.37. The van der Waals surface area contributed by atoms with E-state index < -0.39 is 23.9 Å². The Morgan fingerprint density at radius 1 is 0.886 bits per heavy atom. The Bertz CT molecular complexity index is 1110. The molecule has 3 saturated heterocycles. The number of hydrogen-bond acceptors (Lipinski definition) is 3. The van der Waals surface area contributed by atoms with E-state index >= 15 is 0 Å². The summed E-state index contributed by atoms with van der Waals surface area (Å²) in [5, 5.41) is 0. The molecule has 4 nitrogen and oxygen atoms in total. The highest BCUT2D eigenvalue weighted by molar-refractivity contribution is 5.61. The molecule has 6 rings (SSSR count). The monoisotopic (exact) mass is 543 g/mol. The summed E-state index contributed by atoms with van der Waals surface area (Å²) in [7, 11) is 0. The lowest BCUT2D eigenvalue weighted by Gasteiger charge is -2.51. The first-order valence-electron chi connectivity index (χ1n) is 11.8. The Balaban J connectivity index is 0.00000289. The second-order valence-electron chi connectivity index (χ2n) is 9.47. The lowest BCUT2D eigenvalue weighted by atomic mass is 9.83. The fraction of sp³-hybridized carbons (Fsp3) is 0.321. The van der Waals surface area contributed by atoms with Crippen molar-refractivity contribution in [2.24, 2.45) is 5.92 Å². The van der Waals surface area contributed by atoms with Gasteiger partial charge in [-0.1, -0.05) is 54.6 Å². The SMILES string of the molecule is O=C(OC(c1cccc(F)c1)c1cccc(F)c1)O[C@H]1C[N+]2(Cc3ccccc3)CCC1CC2.[Br-]. The number of rotatable bonds is 6. The second-order valence-corrected chi connectivity index (χ2v) is 9.47. The Labute approximate surface area is 214 Å². The maximum absolute atomic E-state index is 13.9. The molecule has 3 heterocycles. The van der Waals surface area contributed by atoms with Gasteiger partial charge in [-0.15, -0.1) is 0 Å². The van der Waals surface area contributed by atoms with Crippen molar-refractivity contribution in [2.45, 2.75) is 31.6 Å². The van der Waals surface area contributed by atoms with Gasteiger partial charge >= 0.3 is 6.16 Å². The van der Waals surface area contributed by atoms with Gasteiger partial charge in [-0.05, 0) is 24.3 Å². The molecule has 0 spiro atoms. The van der Waals surface area contributed by atoms with Gasteiger partial charge in [0, 0.05) is 35.4 Å². The van der Waals surface area contributed by atoms with E-state index in [1.54, 1.807) is 12.1 Å². The quantitative estimate of drug-likeness (QED) is 0.354. The first-order chi connectivity index (χ1) is 16.5. The number of piperidine rings is 3. The fourth-order valence-electron chi connectivity index (χ4n) is 5.46. The molecule has 3 aromatic carbocycles. The highest BCUT2D eigenvalue weighted by Gasteiger charge is 2.48. The van der Waals surface area contributed by atoms with E-state index in [-0.39, 0.29) is 23.1 Å². The molecule has 0 unspecified atom stereocenters. The van der Waals surface area contributed by atoms with E-state index in [1.165, 1.54) is 42.0 Å². The van der Waals surface area contributed by atoms with Gasteiger partial charge in [-0.2, -0.15) is 0 Å². The summed E-state index contributed by atoms with van der Waals surface area (Å²) in [6, 6.07) is 22.0. The van der Waals surface area contributed by atoms with E-state index in [1.807, 2.05) is 6.07 Å². The zero-order valence-corrected chi connectivity index (χ0v) is 20.9. The van der Waals surface area contributed by atoms with Gasteiger partial charge in [0.2, 0.25) is 0 Å². The van der Waals surface area contributed by atoms with Crippen LogP contribution in [0.3, 0.4) is 0 Å². The summed E-state index contributed by atoms with van der Waals surface area (Å²) in [6.45, 7) is 3.81. The third kappa shape index (κ3) is 5.90. The number of carbonyl (C=O) groups excluding carboxylic acids is 1. The largest absolute Gasteiger partial charge is 1.00 e. The van der Waals surface area contributed by atoms with E-state index in [0.717, 1.165) is 43.5 Å². The number of benzene rings is 3. The minimum absolute atomic E-state index is 0. The van der Waals surface area contributed by atoms with Gasteiger partial charge in [-0.25, -0.2) is 13.6 Å². The molecule has 2 bridgehead atoms. The number of nitrogens with zero attached hydrogens (tertiary/aromatic N) is 1. The van der Waals surface area contributed by atoms with Crippen LogP contribution in [0.2, 0.25) is 0 Å². The van der Waals surface area contributed by atoms with Crippen molar-refractivity contribution < 1.29 is 44.5 Å². The molecule has 0 N–H and O–H groups in total. The van der Waals surface area contributed by atoms with Gasteiger partial charge in [0.05, 0.1) is 13.1 Å². The zero-order valence-electron chi connectivity index (χ0n) is 19.3. The molecule has 184 valence electrons. The molecular weight excluding hydrogens is 516 g/mol. The topological polar surface area (TPSA) is 35.5 Å². The molecule has 3 aliphatic heterocycles. The molecule has 0 amide bonds. The van der Waals surface area contributed by atoms with Crippen LogP contribution in [0.15, 0.2) is 78.9 Å². The van der Waals surface area contributed by atoms with Crippen molar-refractivity contribution in [3.05, 3.63) is 107 Å². The van der Waals surface area contributed by atoms with Gasteiger partial charge < -0.3 is 30.9 Å². The Morgan fingerprint density at radius 3 is 2.06 bits per heavy atom. The summed E-state index contributed by atoms with van der Waals surface area (Å²) in [5.41, 5.74) is 2.12. The van der Waals surface area contributed by atoms with Gasteiger partial charge in [0.15, 0.2) is 12.2 Å². The molecular formula is C28H28BrF2NO3. The lowest BCUT2D eigenvalue weighted by molar-refractivity contribution is -0.958. The highest BCUT2D eigenvalue weighted by atomic mass is 79.9. The minimum Gasteiger partial charge on any atom is -1.00 e. The maximum Gasteiger partial charge on any atom is 0.509 e. The predicted octanol–water partition coefficient (Wildman–Crippen LogP) is 3.02. The van der Waals surface area contributed by atoms with Crippen LogP contribution in [0.4, 0.5) is 13.6 Å². The number of ether oxygens (including phenoxy) is 2. The third-order valence-corrected chi connectivity index (χ3v) is 7.17. The summed E-state index contributed by atoms with van der Waals surface area (Å²) in [4.78, 5) is 12.9. The van der Waals surface area contributed by atoms with Crippen molar-refractivity contribution in [3.63, 3.8) is 0 Å². The molecule has 3 aromatic rings. The predicted molar refractivity (Wildman–Crippen MR) is 124 cm³/mol. The van der Waals surface area contributed by atoms with Crippen LogP contribution in [-0.2, 0) is 16.0 Å². The first-order valence-corrected chi connectivity index (χ1v) is 11.8. The maximum atomic E-state index is 13.9. The van der Waals surface area contributed by atoms with E-state index in [0.29, 0.717) is 17.0 Å². The molecule has 3 fully saturated rings. The number of quaternary nitrogens is 1. The van der Waals surface area contributed by atoms with Crippen molar-refractivity contribution in [1.82, 2.24) is 0 Å². The van der Waals surface area contributed by atoms with Gasteiger partial charge in [-0.3, -0.25) is 0 Å². The Kier molecular flexibility index (Phi) is 7.87. The average molecular weight is 544 g/mol. The Morgan fingerprint density at radius 2 is 1.49 bits per heavy atom. The second kappa shape index (κ2) is 10.9. The summed E-state index contributed by atoms with van der Waals surface area (Å²) in [5.74, 6) is -0.605. The molecule has 0 radical (unpaired) electrons. The van der Waals surface area contributed by atoms with Gasteiger partial charge in [0.1, 0.15) is 24.7 Å². The molecule has 7 heteroatoms. The van der Waals surface area contributed by atoms with Gasteiger partial charge in [0.25, 0.3) is 0 Å². The number of fused-ring (bicyclic) bond motifs is 3. The molecule has 1 atom stereocenters. The van der Waals surface area contributed by atoms with Crippen molar-refractivity contribution in [1.29, 1.82) is 0 Å². The average Bonchev–Trinajstić information content (AvgIpc) is 2.83. The van der Waals surface area contributed by atoms with Crippen LogP contribution in [0.1, 0.15) is 35.6 Å². The van der Waals surface area contributed by atoms with Crippen LogP contribution >= 0.6 is 0 Å². The molecule has 35 heavy (non-hydrogen) atoms. The van der Waals surface area contributed by atoms with Crippen LogP contribution in [0.25, 0.3) is 0 Å². The van der Waals surface area contributed by atoms with E-state index in [9.17, 15) is 13.6 Å². The van der Waals surface area contributed by atoms with Crippen LogP contribution in [0.5, 0.6) is 0 Å². The summed E-state index contributed by atoms with van der Waals surface area (Å²) in [6.07, 6.45) is -0.00810. The summed E-state index contributed by atoms with van der Waals surface area (Å²) < 4.78 is 40.3. The molecule has 3 aliphatic rings. The zero-order chi connectivity index (χ0) is 23.5. The fourth-order valence-corrected chi connectivity index (χ4v) is 5.46. The van der Waals surface area contributed by atoms with E-state index in [2.05, 4.69) is 24.3 Å². The van der Waals surface area contributed by atoms with Crippen molar-refractivity contribution in [3.8, 4) is 0 Å². The first kappa shape index (κ1) is 25.3. The van der Waals surface area contributed by atoms with Crippen molar-refractivity contribution in [2.75, 3.05) is 19.6 Å². The third-order valence-electron chi connectivity index (χ3n) is 7.17. The van der Waals surface area contributed by atoms with Crippen molar-refractivity contribution >= 4 is 6.16 Å². The minimum atomic E-state index is -0.965. The smallest absolute Gasteiger partial charge is 0.509 e. The van der Waals surface area contributed by atoms with Crippen LogP contribution in [0, 0.1) is 17.6 Å². The number of halogens is 3. The number of carbonyl (C=O) groups is 1. The molecule has 0 saturated carbocycles. The lowest BCUT2D eigenvalue weighted by Crippen LogP contribution is -3.00. The normalized spacial score (nSPS) is 22.9. The van der Waals surface area contributed by atoms with E-state index in [4.69, 9.17) is 9.47 Å². The van der Waals surface area contributed by atoms with Crippen LogP contribution in [-0.4, -0.2) is 36.4 Å². The number of hydrogen-bond donors (Lipinski definition) is 0. The standard InChI is InChI=1S/C28H28F2NO3.BrH/c29-24-10-4-8-22(16-24)27(23-9-5-11-25(30)17-23)34-28(32)33-26-19-31(14-12-21(26)13-15-31)18-20-6-2-1-3-7-20;/h1-11,16-17,21,26-27H,12-15,18-19H2;1H/q+1;/p-1/t21?,26-,31?;/m0./s1. The summed E-state index contributed by atoms with van der Waals surface area (Å²) >= 11 is 0. The van der Waals surface area contributed by atoms with Crippen LogP contribution < -0.4 is 17.0 Å².